The van der Waals surface area contributed by atoms with Crippen LogP contribution in [0.3, 0.4) is 0 Å². The van der Waals surface area contributed by atoms with Crippen molar-refractivity contribution in [2.45, 2.75) is 19.4 Å². The smallest absolute Gasteiger partial charge is 0.164 e. The van der Waals surface area contributed by atoms with E-state index >= 15 is 0 Å². The minimum atomic E-state index is -0.0101. The lowest BCUT2D eigenvalue weighted by molar-refractivity contribution is 0.0954. The number of halogens is 1. The summed E-state index contributed by atoms with van der Waals surface area (Å²) < 4.78 is 5.49. The van der Waals surface area contributed by atoms with Gasteiger partial charge in [0.1, 0.15) is 0 Å². The monoisotopic (exact) mass is 331 g/mol. The average molecular weight is 332 g/mol. The van der Waals surface area contributed by atoms with E-state index in [2.05, 4.69) is 5.32 Å². The number of Topliss-reactive ketones (excluding diaryl/α,β-unsaturated/α-hetero) is 1. The Balaban J connectivity index is 1.80. The number of hydrogen-bond donors (Lipinski definition) is 1. The molecule has 2 rings (SSSR count). The van der Waals surface area contributed by atoms with Crippen LogP contribution in [0.4, 0.5) is 0 Å². The highest BCUT2D eigenvalue weighted by Gasteiger charge is 2.11. The van der Waals surface area contributed by atoms with Crippen molar-refractivity contribution < 1.29 is 9.53 Å². The van der Waals surface area contributed by atoms with Crippen molar-refractivity contribution in [1.29, 1.82) is 0 Å². The molecule has 0 saturated heterocycles. The zero-order chi connectivity index (χ0) is 16.7. The molecule has 0 aliphatic rings. The van der Waals surface area contributed by atoms with E-state index in [0.29, 0.717) is 30.1 Å². The Morgan fingerprint density at radius 3 is 2.61 bits per heavy atom. The van der Waals surface area contributed by atoms with Gasteiger partial charge in [-0.15, -0.1) is 0 Å². The molecule has 0 spiro atoms. The number of carbonyl (C=O) groups excluding carboxylic acids is 1. The number of ketones is 1. The van der Waals surface area contributed by atoms with Gasteiger partial charge in [0.2, 0.25) is 0 Å². The van der Waals surface area contributed by atoms with E-state index in [0.717, 1.165) is 11.1 Å². The molecule has 0 aromatic heterocycles. The van der Waals surface area contributed by atoms with E-state index in [1.54, 1.807) is 19.2 Å². The van der Waals surface area contributed by atoms with E-state index in [1.807, 2.05) is 43.3 Å². The Morgan fingerprint density at radius 2 is 1.96 bits per heavy atom. The highest BCUT2D eigenvalue weighted by atomic mass is 35.5. The lowest BCUT2D eigenvalue weighted by Gasteiger charge is -2.16. The molecule has 122 valence electrons. The molecule has 0 saturated carbocycles. The molecule has 4 heteroatoms. The molecule has 0 radical (unpaired) electrons. The minimum Gasteiger partial charge on any atom is -0.375 e. The molecule has 1 unspecified atom stereocenters. The van der Waals surface area contributed by atoms with Gasteiger partial charge in [0.25, 0.3) is 0 Å². The van der Waals surface area contributed by atoms with Crippen molar-refractivity contribution in [3.05, 3.63) is 70.2 Å². The van der Waals surface area contributed by atoms with Gasteiger partial charge >= 0.3 is 0 Å². The van der Waals surface area contributed by atoms with Gasteiger partial charge < -0.3 is 10.1 Å². The molecule has 0 heterocycles. The molecule has 2 aromatic carbocycles. The largest absolute Gasteiger partial charge is 0.375 e. The third kappa shape index (κ3) is 5.17. The van der Waals surface area contributed by atoms with Gasteiger partial charge in [-0.1, -0.05) is 41.9 Å². The van der Waals surface area contributed by atoms with Gasteiger partial charge in [0.05, 0.1) is 6.10 Å². The molecular formula is C19H22ClNO2. The van der Waals surface area contributed by atoms with Crippen molar-refractivity contribution in [3.8, 4) is 0 Å². The third-order valence-electron chi connectivity index (χ3n) is 3.79. The molecule has 2 aromatic rings. The van der Waals surface area contributed by atoms with Crippen LogP contribution in [0.1, 0.15) is 34.0 Å². The van der Waals surface area contributed by atoms with Gasteiger partial charge in [0.15, 0.2) is 5.78 Å². The lowest BCUT2D eigenvalue weighted by atomic mass is 10.1. The first-order valence-electron chi connectivity index (χ1n) is 7.69. The fourth-order valence-electron chi connectivity index (χ4n) is 2.40. The summed E-state index contributed by atoms with van der Waals surface area (Å²) in [6.07, 6.45) is 0.441. The van der Waals surface area contributed by atoms with Crippen LogP contribution in [0, 0.1) is 6.92 Å². The number of ether oxygens (including phenoxy) is 1. The zero-order valence-electron chi connectivity index (χ0n) is 13.5. The molecule has 1 atom stereocenters. The van der Waals surface area contributed by atoms with E-state index in [4.69, 9.17) is 16.3 Å². The van der Waals surface area contributed by atoms with Gasteiger partial charge in [-0.05, 0) is 36.2 Å². The molecule has 23 heavy (non-hydrogen) atoms. The SMILES string of the molecule is COC(CNCCC(=O)c1ccc(Cl)c(C)c1)c1ccccc1. The summed E-state index contributed by atoms with van der Waals surface area (Å²) in [6, 6.07) is 15.4. The van der Waals surface area contributed by atoms with Crippen LogP contribution in [0.2, 0.25) is 5.02 Å². The van der Waals surface area contributed by atoms with Crippen LogP contribution in [0.5, 0.6) is 0 Å². The van der Waals surface area contributed by atoms with Gasteiger partial charge in [0, 0.05) is 37.2 Å². The highest BCUT2D eigenvalue weighted by molar-refractivity contribution is 6.31. The molecule has 0 amide bonds. The summed E-state index contributed by atoms with van der Waals surface area (Å²) in [5, 5.41) is 3.98. The molecule has 1 N–H and O–H groups in total. The zero-order valence-corrected chi connectivity index (χ0v) is 14.3. The normalized spacial score (nSPS) is 12.1. The standard InChI is InChI=1S/C19H22ClNO2/c1-14-12-16(8-9-17(14)20)18(22)10-11-21-13-19(23-2)15-6-4-3-5-7-15/h3-9,12,19,21H,10-11,13H2,1-2H3. The van der Waals surface area contributed by atoms with Crippen molar-refractivity contribution in [2.75, 3.05) is 20.2 Å². The first kappa shape index (κ1) is 17.7. The number of rotatable bonds is 8. The fraction of sp³-hybridized carbons (Fsp3) is 0.316. The summed E-state index contributed by atoms with van der Waals surface area (Å²) in [7, 11) is 1.70. The van der Waals surface area contributed by atoms with Crippen LogP contribution in [-0.2, 0) is 4.74 Å². The van der Waals surface area contributed by atoms with Crippen LogP contribution in [-0.4, -0.2) is 26.0 Å². The molecular weight excluding hydrogens is 310 g/mol. The van der Waals surface area contributed by atoms with E-state index < -0.39 is 0 Å². The second kappa shape index (κ2) is 8.82. The number of methoxy groups -OCH3 is 1. The predicted molar refractivity (Wildman–Crippen MR) is 94.2 cm³/mol. The maximum absolute atomic E-state index is 12.2. The maximum Gasteiger partial charge on any atom is 0.164 e. The molecule has 3 nitrogen and oxygen atoms in total. The second-order valence-electron chi connectivity index (χ2n) is 5.48. The Bertz CT molecular complexity index is 643. The molecule has 0 bridgehead atoms. The van der Waals surface area contributed by atoms with Crippen LogP contribution in [0.25, 0.3) is 0 Å². The number of nitrogens with one attached hydrogen (secondary N) is 1. The summed E-state index contributed by atoms with van der Waals surface area (Å²) in [5.74, 6) is 0.117. The van der Waals surface area contributed by atoms with Gasteiger partial charge in [-0.2, -0.15) is 0 Å². The van der Waals surface area contributed by atoms with E-state index in [9.17, 15) is 4.79 Å². The maximum atomic E-state index is 12.2. The highest BCUT2D eigenvalue weighted by Crippen LogP contribution is 2.17. The van der Waals surface area contributed by atoms with Crippen LogP contribution in [0.15, 0.2) is 48.5 Å². The van der Waals surface area contributed by atoms with E-state index in [-0.39, 0.29) is 11.9 Å². The quantitative estimate of drug-likeness (QED) is 0.582. The van der Waals surface area contributed by atoms with Crippen LogP contribution >= 0.6 is 11.6 Å². The predicted octanol–water partition coefficient (Wildman–Crippen LogP) is 4.20. The summed E-state index contributed by atoms with van der Waals surface area (Å²) in [5.41, 5.74) is 2.76. The van der Waals surface area contributed by atoms with Crippen molar-refractivity contribution in [1.82, 2.24) is 5.32 Å². The van der Waals surface area contributed by atoms with E-state index in [1.165, 1.54) is 0 Å². The summed E-state index contributed by atoms with van der Waals surface area (Å²) in [6.45, 7) is 3.20. The molecule has 0 fully saturated rings. The summed E-state index contributed by atoms with van der Waals surface area (Å²) in [4.78, 5) is 12.2. The van der Waals surface area contributed by atoms with Crippen molar-refractivity contribution in [3.63, 3.8) is 0 Å². The first-order chi connectivity index (χ1) is 11.1. The number of aryl methyl sites for hydroxylation is 1. The Hall–Kier alpha value is -1.68. The number of benzene rings is 2. The Morgan fingerprint density at radius 1 is 1.22 bits per heavy atom. The number of carbonyl (C=O) groups is 1. The van der Waals surface area contributed by atoms with Gasteiger partial charge in [-0.3, -0.25) is 4.79 Å². The average Bonchev–Trinajstić information content (AvgIpc) is 2.58. The Kier molecular flexibility index (Phi) is 6.78. The first-order valence-corrected chi connectivity index (χ1v) is 8.07. The lowest BCUT2D eigenvalue weighted by Crippen LogP contribution is -2.25. The fourth-order valence-corrected chi connectivity index (χ4v) is 2.52. The van der Waals surface area contributed by atoms with Crippen molar-refractivity contribution in [2.24, 2.45) is 0 Å². The molecule has 0 aliphatic carbocycles. The summed E-state index contributed by atoms with van der Waals surface area (Å²) >= 11 is 5.98. The van der Waals surface area contributed by atoms with Crippen LogP contribution < -0.4 is 5.32 Å². The third-order valence-corrected chi connectivity index (χ3v) is 4.22. The van der Waals surface area contributed by atoms with Gasteiger partial charge in [-0.25, -0.2) is 0 Å². The molecule has 0 aliphatic heterocycles. The topological polar surface area (TPSA) is 38.3 Å². The Labute approximate surface area is 142 Å². The van der Waals surface area contributed by atoms with Crippen molar-refractivity contribution >= 4 is 17.4 Å². The number of hydrogen-bond acceptors (Lipinski definition) is 3. The minimum absolute atomic E-state index is 0.0101. The second-order valence-corrected chi connectivity index (χ2v) is 5.88.